The first-order valence-electron chi connectivity index (χ1n) is 3.54. The molecule has 0 bridgehead atoms. The predicted octanol–water partition coefficient (Wildman–Crippen LogP) is -1.00. The number of aromatic nitrogens is 2. The average Bonchev–Trinajstić information content (AvgIpc) is 1.98. The summed E-state index contributed by atoms with van der Waals surface area (Å²) in [5, 5.41) is 8.44. The first kappa shape index (κ1) is 9.24. The molecular weight excluding hydrogens is 176 g/mol. The molecule has 6 heteroatoms. The van der Waals surface area contributed by atoms with E-state index in [-0.39, 0.29) is 17.7 Å². The number of H-pyrrole nitrogens is 2. The Labute approximate surface area is 72.2 Å². The number of aliphatic carboxylic acids is 1. The fourth-order valence-corrected chi connectivity index (χ4v) is 0.924. The number of aromatic amines is 2. The summed E-state index contributed by atoms with van der Waals surface area (Å²) in [6.07, 6.45) is -0.356. The lowest BCUT2D eigenvalue weighted by atomic mass is 10.2. The third-order valence-electron chi connectivity index (χ3n) is 1.61. The van der Waals surface area contributed by atoms with Crippen molar-refractivity contribution >= 4 is 5.97 Å². The van der Waals surface area contributed by atoms with Crippen LogP contribution < -0.4 is 11.2 Å². The smallest absolute Gasteiger partial charge is 0.325 e. The van der Waals surface area contributed by atoms with Gasteiger partial charge in [0.05, 0.1) is 6.42 Å². The highest BCUT2D eigenvalue weighted by Crippen LogP contribution is 1.95. The van der Waals surface area contributed by atoms with E-state index in [4.69, 9.17) is 5.11 Å². The molecule has 6 nitrogen and oxygen atoms in total. The van der Waals surface area contributed by atoms with Crippen molar-refractivity contribution in [2.45, 2.75) is 13.3 Å². The van der Waals surface area contributed by atoms with Gasteiger partial charge in [-0.2, -0.15) is 0 Å². The highest BCUT2D eigenvalue weighted by Gasteiger charge is 2.07. The quantitative estimate of drug-likeness (QED) is 0.548. The van der Waals surface area contributed by atoms with Gasteiger partial charge < -0.3 is 10.1 Å². The number of carboxylic acid groups (broad SMARTS) is 1. The molecule has 70 valence electrons. The summed E-state index contributed by atoms with van der Waals surface area (Å²) in [5.74, 6) is -1.09. The highest BCUT2D eigenvalue weighted by molar-refractivity contribution is 5.69. The maximum atomic E-state index is 11.0. The minimum Gasteiger partial charge on any atom is -0.481 e. The summed E-state index contributed by atoms with van der Waals surface area (Å²) in [6.45, 7) is 1.45. The molecule has 0 radical (unpaired) electrons. The van der Waals surface area contributed by atoms with Crippen molar-refractivity contribution in [3.63, 3.8) is 0 Å². The van der Waals surface area contributed by atoms with Gasteiger partial charge in [0, 0.05) is 11.3 Å². The SMILES string of the molecule is Cc1c(CC(=O)O)[nH]c(=O)[nH]c1=O. The maximum absolute atomic E-state index is 11.0. The molecule has 0 aromatic carbocycles. The third-order valence-corrected chi connectivity index (χ3v) is 1.61. The molecule has 0 aliphatic heterocycles. The number of hydrogen-bond donors (Lipinski definition) is 3. The zero-order valence-electron chi connectivity index (χ0n) is 6.88. The molecule has 0 fully saturated rings. The minimum atomic E-state index is -1.09. The summed E-state index contributed by atoms with van der Waals surface area (Å²) in [5.41, 5.74) is -0.880. The van der Waals surface area contributed by atoms with Crippen molar-refractivity contribution in [2.75, 3.05) is 0 Å². The van der Waals surface area contributed by atoms with E-state index < -0.39 is 17.2 Å². The molecule has 13 heavy (non-hydrogen) atoms. The van der Waals surface area contributed by atoms with E-state index in [1.54, 1.807) is 0 Å². The number of hydrogen-bond acceptors (Lipinski definition) is 3. The molecule has 1 aromatic rings. The van der Waals surface area contributed by atoms with Crippen LogP contribution in [0.25, 0.3) is 0 Å². The molecular formula is C7H8N2O4. The van der Waals surface area contributed by atoms with Gasteiger partial charge in [0.1, 0.15) is 0 Å². The Morgan fingerprint density at radius 3 is 2.54 bits per heavy atom. The van der Waals surface area contributed by atoms with Crippen LogP contribution in [0.2, 0.25) is 0 Å². The average molecular weight is 184 g/mol. The van der Waals surface area contributed by atoms with Crippen LogP contribution in [0.1, 0.15) is 11.3 Å². The molecule has 0 unspecified atom stereocenters. The van der Waals surface area contributed by atoms with Crippen LogP contribution in [0.5, 0.6) is 0 Å². The fraction of sp³-hybridized carbons (Fsp3) is 0.286. The molecule has 0 aliphatic carbocycles. The van der Waals surface area contributed by atoms with Crippen LogP contribution in [0.15, 0.2) is 9.59 Å². The van der Waals surface area contributed by atoms with Crippen LogP contribution in [0.3, 0.4) is 0 Å². The van der Waals surface area contributed by atoms with E-state index in [0.717, 1.165) is 0 Å². The largest absolute Gasteiger partial charge is 0.481 e. The molecule has 1 rings (SSSR count). The Balaban J connectivity index is 3.28. The zero-order chi connectivity index (χ0) is 10.0. The van der Waals surface area contributed by atoms with Crippen LogP contribution in [0, 0.1) is 6.92 Å². The Morgan fingerprint density at radius 1 is 1.38 bits per heavy atom. The monoisotopic (exact) mass is 184 g/mol. The van der Waals surface area contributed by atoms with Crippen molar-refractivity contribution in [3.8, 4) is 0 Å². The van der Waals surface area contributed by atoms with Crippen molar-refractivity contribution in [3.05, 3.63) is 32.1 Å². The molecule has 0 saturated heterocycles. The van der Waals surface area contributed by atoms with E-state index in [1.807, 2.05) is 4.98 Å². The molecule has 1 heterocycles. The standard InChI is InChI=1S/C7H8N2O4/c1-3-4(2-5(10)11)8-7(13)9-6(3)12/h2H2,1H3,(H,10,11)(H2,8,9,12,13). The highest BCUT2D eigenvalue weighted by atomic mass is 16.4. The number of carboxylic acids is 1. The first-order chi connectivity index (χ1) is 6.00. The van der Waals surface area contributed by atoms with Crippen molar-refractivity contribution < 1.29 is 9.90 Å². The summed E-state index contributed by atoms with van der Waals surface area (Å²) in [7, 11) is 0. The van der Waals surface area contributed by atoms with Crippen LogP contribution in [0.4, 0.5) is 0 Å². The second kappa shape index (κ2) is 3.26. The summed E-state index contributed by atoms with van der Waals surface area (Å²) in [4.78, 5) is 36.3. The van der Waals surface area contributed by atoms with E-state index in [2.05, 4.69) is 4.98 Å². The van der Waals surface area contributed by atoms with Crippen LogP contribution >= 0.6 is 0 Å². The molecule has 1 aromatic heterocycles. The van der Waals surface area contributed by atoms with Gasteiger partial charge in [-0.15, -0.1) is 0 Å². The van der Waals surface area contributed by atoms with Gasteiger partial charge in [0.2, 0.25) is 0 Å². The maximum Gasteiger partial charge on any atom is 0.325 e. The van der Waals surface area contributed by atoms with Crippen molar-refractivity contribution in [2.24, 2.45) is 0 Å². The Hall–Kier alpha value is -1.85. The summed E-state index contributed by atoms with van der Waals surface area (Å²) < 4.78 is 0. The Morgan fingerprint density at radius 2 is 2.00 bits per heavy atom. The number of nitrogens with one attached hydrogen (secondary N) is 2. The lowest BCUT2D eigenvalue weighted by Gasteiger charge is -1.99. The number of carbonyl (C=O) groups is 1. The molecule has 0 atom stereocenters. The first-order valence-corrected chi connectivity index (χ1v) is 3.54. The number of rotatable bonds is 2. The Kier molecular flexibility index (Phi) is 2.32. The lowest BCUT2D eigenvalue weighted by Crippen LogP contribution is -2.27. The topological polar surface area (TPSA) is 103 Å². The summed E-state index contributed by atoms with van der Waals surface area (Å²) in [6, 6.07) is 0. The van der Waals surface area contributed by atoms with Gasteiger partial charge in [0.25, 0.3) is 5.56 Å². The molecule has 0 amide bonds. The Bertz CT molecular complexity index is 443. The second-order valence-electron chi connectivity index (χ2n) is 2.58. The van der Waals surface area contributed by atoms with E-state index in [0.29, 0.717) is 0 Å². The predicted molar refractivity (Wildman–Crippen MR) is 43.8 cm³/mol. The van der Waals surface area contributed by atoms with Crippen LogP contribution in [-0.2, 0) is 11.2 Å². The van der Waals surface area contributed by atoms with E-state index >= 15 is 0 Å². The van der Waals surface area contributed by atoms with Gasteiger partial charge in [-0.1, -0.05) is 0 Å². The van der Waals surface area contributed by atoms with Crippen molar-refractivity contribution in [1.82, 2.24) is 9.97 Å². The van der Waals surface area contributed by atoms with E-state index in [1.165, 1.54) is 6.92 Å². The van der Waals surface area contributed by atoms with Gasteiger partial charge in [-0.25, -0.2) is 4.79 Å². The fourth-order valence-electron chi connectivity index (χ4n) is 0.924. The van der Waals surface area contributed by atoms with Gasteiger partial charge in [-0.3, -0.25) is 14.6 Å². The summed E-state index contributed by atoms with van der Waals surface area (Å²) >= 11 is 0. The molecule has 0 aliphatic rings. The second-order valence-corrected chi connectivity index (χ2v) is 2.58. The van der Waals surface area contributed by atoms with Crippen molar-refractivity contribution in [1.29, 1.82) is 0 Å². The minimum absolute atomic E-state index is 0.140. The molecule has 0 saturated carbocycles. The molecule has 3 N–H and O–H groups in total. The normalized spacial score (nSPS) is 9.92. The van der Waals surface area contributed by atoms with Crippen LogP contribution in [-0.4, -0.2) is 21.0 Å². The van der Waals surface area contributed by atoms with E-state index in [9.17, 15) is 14.4 Å². The third kappa shape index (κ3) is 2.05. The van der Waals surface area contributed by atoms with Gasteiger partial charge in [-0.05, 0) is 6.92 Å². The molecule has 0 spiro atoms. The zero-order valence-corrected chi connectivity index (χ0v) is 6.88. The van der Waals surface area contributed by atoms with Gasteiger partial charge >= 0.3 is 11.7 Å². The van der Waals surface area contributed by atoms with Gasteiger partial charge in [0.15, 0.2) is 0 Å². The lowest BCUT2D eigenvalue weighted by molar-refractivity contribution is -0.136.